The topological polar surface area (TPSA) is 29.3 Å². The van der Waals surface area contributed by atoms with Crippen LogP contribution in [0.2, 0.25) is 0 Å². The summed E-state index contributed by atoms with van der Waals surface area (Å²) in [6.07, 6.45) is 2.73. The molecule has 2 N–H and O–H groups in total. The van der Waals surface area contributed by atoms with E-state index < -0.39 is 0 Å². The number of aryl methyl sites for hydroxylation is 1. The van der Waals surface area contributed by atoms with Crippen LogP contribution >= 0.6 is 0 Å². The van der Waals surface area contributed by atoms with Crippen molar-refractivity contribution in [1.29, 1.82) is 0 Å². The molecule has 2 aliphatic rings. The van der Waals surface area contributed by atoms with Crippen LogP contribution in [0.4, 0.5) is 0 Å². The van der Waals surface area contributed by atoms with Crippen LogP contribution in [0, 0.1) is 6.92 Å². The minimum Gasteiger partial charge on any atom is -0.329 e. The zero-order valence-corrected chi connectivity index (χ0v) is 9.24. The monoisotopic (exact) mass is 202 g/mol. The molecule has 1 atom stereocenters. The molecular weight excluding hydrogens is 184 g/mol. The van der Waals surface area contributed by atoms with E-state index in [9.17, 15) is 0 Å². The zero-order valence-electron chi connectivity index (χ0n) is 9.24. The van der Waals surface area contributed by atoms with Crippen LogP contribution < -0.4 is 5.73 Å². The summed E-state index contributed by atoms with van der Waals surface area (Å²) in [6.45, 7) is 4.03. The number of fused-ring (bicyclic) bond motifs is 1. The first-order valence-electron chi connectivity index (χ1n) is 5.85. The molecule has 1 aliphatic heterocycles. The third-order valence-corrected chi connectivity index (χ3v) is 3.65. The van der Waals surface area contributed by atoms with Crippen LogP contribution in [0.3, 0.4) is 0 Å². The Kier molecular flexibility index (Phi) is 2.08. The van der Waals surface area contributed by atoms with Gasteiger partial charge in [0.2, 0.25) is 0 Å². The van der Waals surface area contributed by atoms with E-state index in [1.165, 1.54) is 29.5 Å². The van der Waals surface area contributed by atoms with Crippen molar-refractivity contribution < 1.29 is 0 Å². The summed E-state index contributed by atoms with van der Waals surface area (Å²) in [5, 5.41) is 0. The quantitative estimate of drug-likeness (QED) is 0.794. The van der Waals surface area contributed by atoms with Gasteiger partial charge in [0.15, 0.2) is 0 Å². The number of nitrogens with zero attached hydrogens (tertiary/aromatic N) is 1. The highest BCUT2D eigenvalue weighted by Gasteiger charge is 2.38. The SMILES string of the molecule is Cc1ccc2c(c1)C(CN)N(C1CC1)C2. The predicted octanol–water partition coefficient (Wildman–Crippen LogP) is 1.97. The van der Waals surface area contributed by atoms with E-state index >= 15 is 0 Å². The van der Waals surface area contributed by atoms with Crippen LogP contribution in [0.5, 0.6) is 0 Å². The van der Waals surface area contributed by atoms with Gasteiger partial charge in [0.25, 0.3) is 0 Å². The van der Waals surface area contributed by atoms with Gasteiger partial charge < -0.3 is 5.73 Å². The summed E-state index contributed by atoms with van der Waals surface area (Å²) < 4.78 is 0. The molecule has 1 aromatic carbocycles. The fourth-order valence-electron chi connectivity index (χ4n) is 2.71. The molecule has 0 bridgehead atoms. The Labute approximate surface area is 91.1 Å². The summed E-state index contributed by atoms with van der Waals surface area (Å²) in [5.74, 6) is 0. The maximum absolute atomic E-state index is 5.91. The summed E-state index contributed by atoms with van der Waals surface area (Å²) in [6, 6.07) is 8.09. The maximum atomic E-state index is 5.91. The number of benzene rings is 1. The zero-order chi connectivity index (χ0) is 10.4. The molecule has 1 aliphatic carbocycles. The minimum atomic E-state index is 0.479. The Hall–Kier alpha value is -0.860. The molecular formula is C13H18N2. The van der Waals surface area contributed by atoms with Gasteiger partial charge in [0.1, 0.15) is 0 Å². The van der Waals surface area contributed by atoms with Crippen molar-refractivity contribution in [2.75, 3.05) is 6.54 Å². The lowest BCUT2D eigenvalue weighted by molar-refractivity contribution is 0.209. The van der Waals surface area contributed by atoms with Gasteiger partial charge in [-0.2, -0.15) is 0 Å². The van der Waals surface area contributed by atoms with Gasteiger partial charge >= 0.3 is 0 Å². The van der Waals surface area contributed by atoms with Crippen molar-refractivity contribution in [2.24, 2.45) is 5.73 Å². The first-order valence-corrected chi connectivity index (χ1v) is 5.85. The summed E-state index contributed by atoms with van der Waals surface area (Å²) in [7, 11) is 0. The molecule has 1 unspecified atom stereocenters. The van der Waals surface area contributed by atoms with Crippen LogP contribution in [0.15, 0.2) is 18.2 Å². The van der Waals surface area contributed by atoms with Gasteiger partial charge in [0.05, 0.1) is 0 Å². The first-order chi connectivity index (χ1) is 7.29. The van der Waals surface area contributed by atoms with Crippen molar-refractivity contribution in [3.8, 4) is 0 Å². The molecule has 1 aromatic rings. The average molecular weight is 202 g/mol. The van der Waals surface area contributed by atoms with Gasteiger partial charge in [-0.25, -0.2) is 0 Å². The fourth-order valence-corrected chi connectivity index (χ4v) is 2.71. The molecule has 0 spiro atoms. The van der Waals surface area contributed by atoms with Crippen molar-refractivity contribution in [3.05, 3.63) is 34.9 Å². The lowest BCUT2D eigenvalue weighted by Crippen LogP contribution is -2.29. The molecule has 0 radical (unpaired) electrons. The standard InChI is InChI=1S/C13H18N2/c1-9-2-3-10-8-15(11-4-5-11)13(7-14)12(10)6-9/h2-3,6,11,13H,4-5,7-8,14H2,1H3. The second kappa shape index (κ2) is 3.32. The van der Waals surface area contributed by atoms with E-state index in [0.29, 0.717) is 6.04 Å². The summed E-state index contributed by atoms with van der Waals surface area (Å²) >= 11 is 0. The molecule has 1 heterocycles. The molecule has 0 saturated heterocycles. The molecule has 1 fully saturated rings. The third-order valence-electron chi connectivity index (χ3n) is 3.65. The lowest BCUT2D eigenvalue weighted by atomic mass is 10.0. The Morgan fingerprint density at radius 3 is 2.87 bits per heavy atom. The van der Waals surface area contributed by atoms with Crippen molar-refractivity contribution in [3.63, 3.8) is 0 Å². The van der Waals surface area contributed by atoms with E-state index in [1.807, 2.05) is 0 Å². The highest BCUT2D eigenvalue weighted by molar-refractivity contribution is 5.38. The van der Waals surface area contributed by atoms with Crippen LogP contribution in [0.1, 0.15) is 35.6 Å². The molecule has 0 amide bonds. The summed E-state index contributed by atoms with van der Waals surface area (Å²) in [5.41, 5.74) is 10.2. The van der Waals surface area contributed by atoms with E-state index in [0.717, 1.165) is 19.1 Å². The lowest BCUT2D eigenvalue weighted by Gasteiger charge is -2.23. The van der Waals surface area contributed by atoms with Gasteiger partial charge in [0, 0.05) is 25.2 Å². The van der Waals surface area contributed by atoms with Crippen LogP contribution in [-0.4, -0.2) is 17.5 Å². The van der Waals surface area contributed by atoms with Crippen molar-refractivity contribution >= 4 is 0 Å². The van der Waals surface area contributed by atoms with Gasteiger partial charge in [-0.1, -0.05) is 23.8 Å². The number of hydrogen-bond donors (Lipinski definition) is 1. The van der Waals surface area contributed by atoms with Gasteiger partial charge in [-0.05, 0) is 30.9 Å². The number of hydrogen-bond acceptors (Lipinski definition) is 2. The van der Waals surface area contributed by atoms with Crippen molar-refractivity contribution in [1.82, 2.24) is 4.90 Å². The Bertz CT molecular complexity index is 382. The molecule has 3 rings (SSSR count). The number of rotatable bonds is 2. The highest BCUT2D eigenvalue weighted by atomic mass is 15.2. The molecule has 15 heavy (non-hydrogen) atoms. The van der Waals surface area contributed by atoms with Crippen LogP contribution in [-0.2, 0) is 6.54 Å². The van der Waals surface area contributed by atoms with Gasteiger partial charge in [-0.3, -0.25) is 4.90 Å². The Morgan fingerprint density at radius 2 is 2.20 bits per heavy atom. The molecule has 80 valence electrons. The van der Waals surface area contributed by atoms with E-state index in [-0.39, 0.29) is 0 Å². The predicted molar refractivity (Wildman–Crippen MR) is 61.5 cm³/mol. The first kappa shape index (κ1) is 9.37. The summed E-state index contributed by atoms with van der Waals surface area (Å²) in [4.78, 5) is 2.59. The van der Waals surface area contributed by atoms with E-state index in [4.69, 9.17) is 5.73 Å². The second-order valence-corrected chi connectivity index (χ2v) is 4.86. The van der Waals surface area contributed by atoms with Crippen LogP contribution in [0.25, 0.3) is 0 Å². The second-order valence-electron chi connectivity index (χ2n) is 4.86. The average Bonchev–Trinajstić information content (AvgIpc) is 3.00. The maximum Gasteiger partial charge on any atom is 0.0480 e. The smallest absolute Gasteiger partial charge is 0.0480 e. The molecule has 2 heteroatoms. The minimum absolute atomic E-state index is 0.479. The number of nitrogens with two attached hydrogens (primary N) is 1. The third kappa shape index (κ3) is 1.48. The van der Waals surface area contributed by atoms with E-state index in [2.05, 4.69) is 30.0 Å². The molecule has 1 saturated carbocycles. The Morgan fingerprint density at radius 1 is 1.40 bits per heavy atom. The fraction of sp³-hybridized carbons (Fsp3) is 0.538. The van der Waals surface area contributed by atoms with E-state index in [1.54, 1.807) is 0 Å². The van der Waals surface area contributed by atoms with Crippen molar-refractivity contribution in [2.45, 2.75) is 38.4 Å². The molecule has 0 aromatic heterocycles. The van der Waals surface area contributed by atoms with Gasteiger partial charge in [-0.15, -0.1) is 0 Å². The largest absolute Gasteiger partial charge is 0.329 e. The molecule has 2 nitrogen and oxygen atoms in total. The Balaban J connectivity index is 1.97. The highest BCUT2D eigenvalue weighted by Crippen LogP contribution is 2.41. The normalized spacial score (nSPS) is 25.6.